The van der Waals surface area contributed by atoms with Gasteiger partial charge in [-0.25, -0.2) is 44.9 Å². The van der Waals surface area contributed by atoms with Gasteiger partial charge in [-0.1, -0.05) is 138 Å². The van der Waals surface area contributed by atoms with Gasteiger partial charge >= 0.3 is 0 Å². The fourth-order valence-corrected chi connectivity index (χ4v) is 15.6. The highest BCUT2D eigenvalue weighted by molar-refractivity contribution is 5.93. The highest BCUT2D eigenvalue weighted by atomic mass is 16.3. The van der Waals surface area contributed by atoms with Gasteiger partial charge in [-0.15, -0.1) is 0 Å². The van der Waals surface area contributed by atoms with Crippen LogP contribution >= 0.6 is 0 Å². The second-order valence-corrected chi connectivity index (χ2v) is 35.9. The molecule has 0 bridgehead atoms. The molecule has 0 aliphatic carbocycles. The largest absolute Gasteiger partial charge is 0.396 e. The van der Waals surface area contributed by atoms with Crippen molar-refractivity contribution in [3.05, 3.63) is 158 Å². The Morgan fingerprint density at radius 1 is 0.340 bits per heavy atom. The van der Waals surface area contributed by atoms with Crippen LogP contribution in [0, 0.1) is 13.8 Å². The molecule has 0 saturated carbocycles. The molecule has 0 aromatic carbocycles. The number of nitrogens with one attached hydrogen (secondary N) is 9. The molecule has 784 valence electrons. The molecule has 46 heteroatoms. The number of aromatic amines is 2. The molecule has 16 heterocycles. The number of anilines is 14. The third-order valence-corrected chi connectivity index (χ3v) is 23.7. The van der Waals surface area contributed by atoms with E-state index in [9.17, 15) is 25.2 Å². The van der Waals surface area contributed by atoms with E-state index in [-0.39, 0.29) is 111 Å². The summed E-state index contributed by atoms with van der Waals surface area (Å²) in [5.74, 6) is 7.18. The Labute approximate surface area is 854 Å². The topological polar surface area (TPSA) is 726 Å². The Hall–Kier alpha value is -15.6. The number of rotatable bonds is 45. The highest BCUT2D eigenvalue weighted by Crippen LogP contribution is 2.33. The maximum Gasteiger partial charge on any atom is 0.222 e. The number of carbonyl (C=O) groups is 1. The quantitative estimate of drug-likeness (QED) is 0.0168. The van der Waals surface area contributed by atoms with Crippen LogP contribution in [0.4, 0.5) is 82.4 Å². The molecule has 7 atom stereocenters. The predicted octanol–water partition coefficient (Wildman–Crippen LogP) is 14.3. The lowest BCUT2D eigenvalue weighted by atomic mass is 9.96. The number of aliphatic hydroxyl groups is 5. The molecule has 16 aromatic heterocycles. The Morgan fingerprint density at radius 3 is 1.00 bits per heavy atom. The first-order chi connectivity index (χ1) is 71.2. The average Bonchev–Trinajstić information content (AvgIpc) is 1.71. The summed E-state index contributed by atoms with van der Waals surface area (Å²) < 4.78 is 0. The fraction of sp³-hybridized carbons (Fsp3) is 0.455. The van der Waals surface area contributed by atoms with Crippen LogP contribution in [0.5, 0.6) is 0 Å². The molecule has 0 fully saturated rings. The number of ketones is 1. The zero-order valence-electron chi connectivity index (χ0n) is 85.8. The summed E-state index contributed by atoms with van der Waals surface area (Å²) in [6, 6.07) is 21.6. The van der Waals surface area contributed by atoms with Crippen LogP contribution in [0.3, 0.4) is 0 Å². The molecule has 0 unspecified atom stereocenters. The number of nitrogen functional groups attached to an aromatic ring is 7. The number of hydrogen-bond acceptors (Lipinski definition) is 44. The molecule has 46 nitrogen and oxygen atoms in total. The summed E-state index contributed by atoms with van der Waals surface area (Å²) in [6.07, 6.45) is 38.5. The van der Waals surface area contributed by atoms with E-state index < -0.39 is 11.1 Å². The SMILES string of the molecule is CCCC[C@@H](CO)Nc1nc(N)nc2c(C)ccnc12.CCCC[C@@H](Nc1nc(N)nc2cccnc12)C(=O)CCCO.CCCC[C@@H](Nc1nc(N)nc2cccnc12)c1ncc[nH]1.CCCC[C@@H](Nc1nc(N)nc2cccnc12)c1ncn[nH]1.CCCC[C@@](C)(CO)Nc1nc(N)nc2cccnc12.CCCC[C@H](CO)Nc1nc(N)nc2c(C)ccnc12.CCCC[C@](C)(CO)Nc1nc(N)nc2cccnc12. The van der Waals surface area contributed by atoms with Crippen molar-refractivity contribution >= 4 is 165 Å². The molecule has 16 rings (SSSR count). The molecule has 0 radical (unpaired) electrons. The number of aryl methyl sites for hydroxylation is 2. The minimum Gasteiger partial charge on any atom is -0.396 e. The van der Waals surface area contributed by atoms with E-state index in [2.05, 4.69) is 215 Å². The van der Waals surface area contributed by atoms with Gasteiger partial charge < -0.3 is 108 Å². The normalized spacial score (nSPS) is 12.9. The predicted molar refractivity (Wildman–Crippen MR) is 582 cm³/mol. The number of H-pyrrole nitrogens is 2. The molecule has 0 aliphatic heterocycles. The Morgan fingerprint density at radius 2 is 0.667 bits per heavy atom. The van der Waals surface area contributed by atoms with Crippen molar-refractivity contribution < 1.29 is 30.3 Å². The second-order valence-electron chi connectivity index (χ2n) is 35.9. The number of imidazole rings is 1. The summed E-state index contributed by atoms with van der Waals surface area (Å²) in [6.45, 7) is 22.9. The summed E-state index contributed by atoms with van der Waals surface area (Å²) in [5.41, 5.74) is 51.1. The number of unbranched alkanes of at least 4 members (excludes halogenated alkanes) is 7. The van der Waals surface area contributed by atoms with Gasteiger partial charge in [0.2, 0.25) is 41.6 Å². The monoisotopic (exact) mass is 2010 g/mol. The first-order valence-corrected chi connectivity index (χ1v) is 50.2. The Bertz CT molecular complexity index is 6380. The summed E-state index contributed by atoms with van der Waals surface area (Å²) in [4.78, 5) is 113. The van der Waals surface area contributed by atoms with Crippen LogP contribution in [0.15, 0.2) is 135 Å². The molecule has 0 spiro atoms. The molecule has 28 N–H and O–H groups in total. The smallest absolute Gasteiger partial charge is 0.222 e. The molecular formula is C101H144N40O6. The molecule has 147 heavy (non-hydrogen) atoms. The lowest BCUT2D eigenvalue weighted by molar-refractivity contribution is -0.120. The van der Waals surface area contributed by atoms with Gasteiger partial charge in [0.05, 0.1) is 106 Å². The highest BCUT2D eigenvalue weighted by Gasteiger charge is 2.29. The van der Waals surface area contributed by atoms with E-state index in [4.69, 9.17) is 45.2 Å². The van der Waals surface area contributed by atoms with E-state index in [1.807, 2.05) is 82.4 Å². The van der Waals surface area contributed by atoms with E-state index in [0.29, 0.717) is 121 Å². The average molecular weight is 2010 g/mol. The van der Waals surface area contributed by atoms with Crippen molar-refractivity contribution in [2.75, 3.05) is 110 Å². The van der Waals surface area contributed by atoms with Crippen molar-refractivity contribution in [2.24, 2.45) is 0 Å². The van der Waals surface area contributed by atoms with Crippen LogP contribution in [-0.4, -0.2) is 223 Å². The maximum absolute atomic E-state index is 12.4. The number of pyridine rings is 7. The van der Waals surface area contributed by atoms with Gasteiger partial charge in [-0.3, -0.25) is 44.8 Å². The van der Waals surface area contributed by atoms with Crippen LogP contribution in [-0.2, 0) is 4.79 Å². The molecule has 0 aliphatic rings. The lowest BCUT2D eigenvalue weighted by Crippen LogP contribution is -2.39. The van der Waals surface area contributed by atoms with Gasteiger partial charge in [0.25, 0.3) is 0 Å². The number of carbonyl (C=O) groups excluding carboxylic acids is 1. The molecular weight excluding hydrogens is 1870 g/mol. The lowest BCUT2D eigenvalue weighted by Gasteiger charge is -2.29. The van der Waals surface area contributed by atoms with E-state index >= 15 is 0 Å². The van der Waals surface area contributed by atoms with Crippen LogP contribution in [0.2, 0.25) is 0 Å². The van der Waals surface area contributed by atoms with Crippen LogP contribution < -0.4 is 77.4 Å². The number of fused-ring (bicyclic) bond motifs is 7. The standard InChI is InChI=1S/C16H23N5O2.C15H19N7.C14H18N8.4C14H21N5O/c1-2-3-6-11(13(23)8-5-10-22)19-15-14-12(7-4-9-18-14)20-16(17)21-15;1-2-3-5-11(13-18-8-9-19-13)20-14-12-10(6-4-7-17-12)21-15(16)22-14;1-2-3-5-10(12-17-8-18-22-12)19-13-11-9(6-4-7-16-11)20-14(15)21-13;2*1-3-4-7-14(2,9-20)19-12-11-10(6-5-8-16-11)17-13(15)18-12;2*1-3-4-5-10(8-20)17-13-12-11(18-14(15)19-13)9(2)6-7-16-12/h4,7,9,11,22H,2-3,5-6,8,10H2,1H3,(H3,17,19,20,21);4,6-9,11H,2-3,5H2,1H3,(H,18,19)(H3,16,20,21,22);4,6-8,10H,2-3,5H2,1H3,(H,17,18,22)(H3,15,19,20,21);2*5-6,8,20H,3-4,7,9H2,1-2H3,(H3,15,17,18,19);2*6-7,10,20H,3-5,8H2,1-2H3,(H3,15,17,18,19)/t2*11-;10-;2*14-;2*10-/m1111010/s1. The number of hydrogen-bond donors (Lipinski definition) is 21. The van der Waals surface area contributed by atoms with Gasteiger partial charge in [0.15, 0.2) is 46.5 Å². The summed E-state index contributed by atoms with van der Waals surface area (Å²) >= 11 is 0. The van der Waals surface area contributed by atoms with Crippen LogP contribution in [0.25, 0.3) is 77.2 Å². The van der Waals surface area contributed by atoms with Crippen molar-refractivity contribution in [2.45, 2.75) is 265 Å². The first kappa shape index (κ1) is 113. The van der Waals surface area contributed by atoms with Gasteiger partial charge in [-0.2, -0.15) is 40.0 Å². The zero-order chi connectivity index (χ0) is 106. The van der Waals surface area contributed by atoms with Crippen molar-refractivity contribution in [1.29, 1.82) is 0 Å². The van der Waals surface area contributed by atoms with Crippen molar-refractivity contribution in [1.82, 2.24) is 130 Å². The molecule has 0 saturated heterocycles. The third-order valence-electron chi connectivity index (χ3n) is 23.7. The van der Waals surface area contributed by atoms with E-state index in [1.54, 1.807) is 73.8 Å². The minimum absolute atomic E-state index is 0.0111. The van der Waals surface area contributed by atoms with E-state index in [1.165, 1.54) is 6.33 Å². The van der Waals surface area contributed by atoms with Gasteiger partial charge in [-0.05, 0) is 163 Å². The Kier molecular flexibility index (Phi) is 45.1. The number of Topliss-reactive ketones (excluding diaryl/α,β-unsaturated/α-hetero) is 1. The second kappa shape index (κ2) is 58.4. The van der Waals surface area contributed by atoms with Crippen molar-refractivity contribution in [3.63, 3.8) is 0 Å². The van der Waals surface area contributed by atoms with E-state index in [0.717, 1.165) is 168 Å². The molecule has 0 amide bonds. The number of nitrogens with two attached hydrogens (primary N) is 7. The third kappa shape index (κ3) is 34.0. The number of aromatic nitrogens is 26. The summed E-state index contributed by atoms with van der Waals surface area (Å²) in [5, 5.41) is 77.0. The first-order valence-electron chi connectivity index (χ1n) is 50.2. The number of nitrogens with zero attached hydrogens (tertiary/aromatic N) is 24. The van der Waals surface area contributed by atoms with Crippen LogP contribution in [0.1, 0.15) is 245 Å². The van der Waals surface area contributed by atoms with Gasteiger partial charge in [0.1, 0.15) is 56.6 Å². The fourth-order valence-electron chi connectivity index (χ4n) is 15.6. The maximum atomic E-state index is 12.4. The summed E-state index contributed by atoms with van der Waals surface area (Å²) in [7, 11) is 0. The number of aliphatic hydroxyl groups excluding tert-OH is 5. The zero-order valence-corrected chi connectivity index (χ0v) is 85.8. The molecule has 16 aromatic rings. The minimum atomic E-state index is -0.443. The van der Waals surface area contributed by atoms with Crippen molar-refractivity contribution in [3.8, 4) is 0 Å². The Balaban J connectivity index is 0.000000176. The van der Waals surface area contributed by atoms with Gasteiger partial charge in [0, 0.05) is 68.8 Å².